The van der Waals surface area contributed by atoms with E-state index >= 15 is 0 Å². The summed E-state index contributed by atoms with van der Waals surface area (Å²) in [5.41, 5.74) is 2.01. The average Bonchev–Trinajstić information content (AvgIpc) is 3.34. The zero-order chi connectivity index (χ0) is 23.2. The number of likely N-dealkylation sites (N-methyl/N-ethyl adjacent to an activating group) is 1. The molecule has 2 aromatic rings. The number of anilines is 1. The van der Waals surface area contributed by atoms with Gasteiger partial charge in [-0.05, 0) is 50.4 Å². The molecule has 2 aliphatic heterocycles. The molecule has 2 unspecified atom stereocenters. The first-order valence-corrected chi connectivity index (χ1v) is 12.4. The van der Waals surface area contributed by atoms with E-state index in [1.54, 1.807) is 6.20 Å². The predicted molar refractivity (Wildman–Crippen MR) is 130 cm³/mol. The van der Waals surface area contributed by atoms with E-state index in [9.17, 15) is 9.59 Å². The van der Waals surface area contributed by atoms with E-state index in [1.165, 1.54) is 6.42 Å². The Morgan fingerprint density at radius 1 is 1.06 bits per heavy atom. The van der Waals surface area contributed by atoms with E-state index in [2.05, 4.69) is 23.1 Å². The molecule has 7 nitrogen and oxygen atoms in total. The van der Waals surface area contributed by atoms with Crippen LogP contribution in [0.25, 0.3) is 0 Å². The fourth-order valence-corrected chi connectivity index (χ4v) is 5.32. The van der Waals surface area contributed by atoms with Crippen molar-refractivity contribution >= 4 is 17.5 Å². The van der Waals surface area contributed by atoms with Crippen LogP contribution in [0.3, 0.4) is 0 Å². The Balaban J connectivity index is 1.59. The summed E-state index contributed by atoms with van der Waals surface area (Å²) in [6, 6.07) is 10.8. The van der Waals surface area contributed by atoms with Crippen molar-refractivity contribution in [3.05, 3.63) is 48.3 Å². The summed E-state index contributed by atoms with van der Waals surface area (Å²) < 4.78 is 1.88. The molecule has 3 heterocycles. The minimum Gasteiger partial charge on any atom is -0.337 e. The van der Waals surface area contributed by atoms with Crippen molar-refractivity contribution in [1.29, 1.82) is 0 Å². The van der Waals surface area contributed by atoms with Gasteiger partial charge in [0.05, 0.1) is 0 Å². The molecular formula is C26H37N5O2. The number of hydrogen-bond acceptors (Lipinski definition) is 4. The van der Waals surface area contributed by atoms with Crippen LogP contribution in [-0.2, 0) is 22.7 Å². The first-order chi connectivity index (χ1) is 16.1. The summed E-state index contributed by atoms with van der Waals surface area (Å²) in [5, 5.41) is 4.25. The Labute approximate surface area is 197 Å². The SMILES string of the molecule is CCC(=O)N1CCC2CCCC(CN(C(=O)CCCn3cccn3)Cc3ccccc31)N2C. The number of amides is 2. The average molecular weight is 452 g/mol. The lowest BCUT2D eigenvalue weighted by molar-refractivity contribution is -0.133. The smallest absolute Gasteiger partial charge is 0.226 e. The van der Waals surface area contributed by atoms with Crippen LogP contribution in [0.4, 0.5) is 5.69 Å². The molecule has 0 radical (unpaired) electrons. The molecule has 2 bridgehead atoms. The molecule has 0 N–H and O–H groups in total. The zero-order valence-electron chi connectivity index (χ0n) is 20.0. The molecule has 1 saturated heterocycles. The van der Waals surface area contributed by atoms with Gasteiger partial charge in [0, 0.05) is 69.2 Å². The molecule has 1 aromatic carbocycles. The summed E-state index contributed by atoms with van der Waals surface area (Å²) >= 11 is 0. The third-order valence-corrected chi connectivity index (χ3v) is 7.28. The van der Waals surface area contributed by atoms with Gasteiger partial charge >= 0.3 is 0 Å². The maximum absolute atomic E-state index is 13.4. The van der Waals surface area contributed by atoms with Gasteiger partial charge in [-0.2, -0.15) is 5.10 Å². The molecule has 0 spiro atoms. The second-order valence-corrected chi connectivity index (χ2v) is 9.37. The molecule has 0 aliphatic carbocycles. The molecule has 1 aromatic heterocycles. The second kappa shape index (κ2) is 11.0. The second-order valence-electron chi connectivity index (χ2n) is 9.37. The molecule has 2 amide bonds. The van der Waals surface area contributed by atoms with Crippen LogP contribution in [-0.4, -0.2) is 63.6 Å². The fourth-order valence-electron chi connectivity index (χ4n) is 5.32. The van der Waals surface area contributed by atoms with Gasteiger partial charge in [0.2, 0.25) is 11.8 Å². The van der Waals surface area contributed by atoms with E-state index in [-0.39, 0.29) is 11.8 Å². The Bertz CT molecular complexity index is 929. The van der Waals surface area contributed by atoms with Gasteiger partial charge in [0.15, 0.2) is 0 Å². The van der Waals surface area contributed by atoms with E-state index in [0.717, 1.165) is 56.6 Å². The van der Waals surface area contributed by atoms with E-state index in [0.29, 0.717) is 31.5 Å². The van der Waals surface area contributed by atoms with Crippen molar-refractivity contribution in [3.63, 3.8) is 0 Å². The number of fused-ring (bicyclic) bond motifs is 3. The number of piperidine rings is 1. The Hall–Kier alpha value is -2.67. The summed E-state index contributed by atoms with van der Waals surface area (Å²) in [6.07, 6.45) is 9.86. The molecular weight excluding hydrogens is 414 g/mol. The molecule has 33 heavy (non-hydrogen) atoms. The summed E-state index contributed by atoms with van der Waals surface area (Å²) in [6.45, 7) is 4.67. The van der Waals surface area contributed by atoms with Crippen LogP contribution in [0.15, 0.2) is 42.7 Å². The lowest BCUT2D eigenvalue weighted by atomic mass is 9.93. The number of para-hydroxylation sites is 1. The molecule has 2 aliphatic rings. The van der Waals surface area contributed by atoms with Crippen LogP contribution in [0.2, 0.25) is 0 Å². The van der Waals surface area contributed by atoms with Gasteiger partial charge in [-0.1, -0.05) is 31.5 Å². The lowest BCUT2D eigenvalue weighted by Crippen LogP contribution is -2.50. The highest BCUT2D eigenvalue weighted by molar-refractivity contribution is 5.94. The van der Waals surface area contributed by atoms with Crippen LogP contribution < -0.4 is 4.90 Å². The first kappa shape index (κ1) is 23.5. The third kappa shape index (κ3) is 5.64. The summed E-state index contributed by atoms with van der Waals surface area (Å²) in [4.78, 5) is 32.8. The van der Waals surface area contributed by atoms with E-state index < -0.39 is 0 Å². The van der Waals surface area contributed by atoms with Gasteiger partial charge in [0.1, 0.15) is 0 Å². The summed E-state index contributed by atoms with van der Waals surface area (Å²) in [5.74, 6) is 0.328. The van der Waals surface area contributed by atoms with Crippen molar-refractivity contribution in [1.82, 2.24) is 19.6 Å². The molecule has 0 saturated carbocycles. The Morgan fingerprint density at radius 2 is 1.88 bits per heavy atom. The highest BCUT2D eigenvalue weighted by atomic mass is 16.2. The van der Waals surface area contributed by atoms with Crippen LogP contribution in [0, 0.1) is 0 Å². The quantitative estimate of drug-likeness (QED) is 0.696. The molecule has 2 atom stereocenters. The number of aryl methyl sites for hydroxylation is 1. The van der Waals surface area contributed by atoms with Gasteiger partial charge in [-0.15, -0.1) is 0 Å². The number of rotatable bonds is 5. The zero-order valence-corrected chi connectivity index (χ0v) is 20.0. The largest absolute Gasteiger partial charge is 0.337 e. The molecule has 178 valence electrons. The fraction of sp³-hybridized carbons (Fsp3) is 0.577. The van der Waals surface area contributed by atoms with Gasteiger partial charge in [-0.3, -0.25) is 19.2 Å². The maximum Gasteiger partial charge on any atom is 0.226 e. The van der Waals surface area contributed by atoms with Crippen LogP contribution >= 0.6 is 0 Å². The van der Waals surface area contributed by atoms with Gasteiger partial charge in [-0.25, -0.2) is 0 Å². The highest BCUT2D eigenvalue weighted by Gasteiger charge is 2.32. The number of benzene rings is 1. The topological polar surface area (TPSA) is 61.7 Å². The standard InChI is InChI=1S/C26H37N5O2/c1-3-25(32)31-18-14-22-10-6-11-23(28(22)2)20-29(19-21-9-4-5-12-24(21)31)26(33)13-7-16-30-17-8-15-27-30/h4-5,8-9,12,15,17,22-23H,3,6-7,10-11,13-14,16,18-20H2,1-2H3. The van der Waals surface area contributed by atoms with Crippen molar-refractivity contribution < 1.29 is 9.59 Å². The van der Waals surface area contributed by atoms with Crippen molar-refractivity contribution in [2.45, 2.75) is 77.0 Å². The minimum absolute atomic E-state index is 0.147. The monoisotopic (exact) mass is 451 g/mol. The Kier molecular flexibility index (Phi) is 7.81. The minimum atomic E-state index is 0.147. The summed E-state index contributed by atoms with van der Waals surface area (Å²) in [7, 11) is 2.20. The van der Waals surface area contributed by atoms with Crippen molar-refractivity contribution in [2.75, 3.05) is 25.0 Å². The molecule has 7 heteroatoms. The van der Waals surface area contributed by atoms with Gasteiger partial charge < -0.3 is 9.80 Å². The Morgan fingerprint density at radius 3 is 2.67 bits per heavy atom. The van der Waals surface area contributed by atoms with E-state index in [4.69, 9.17) is 0 Å². The predicted octanol–water partition coefficient (Wildman–Crippen LogP) is 3.69. The van der Waals surface area contributed by atoms with E-state index in [1.807, 2.05) is 51.9 Å². The molecule has 4 rings (SSSR count). The van der Waals surface area contributed by atoms with Gasteiger partial charge in [0.25, 0.3) is 0 Å². The van der Waals surface area contributed by atoms with Crippen LogP contribution in [0.5, 0.6) is 0 Å². The maximum atomic E-state index is 13.4. The normalized spacial score (nSPS) is 21.9. The lowest BCUT2D eigenvalue weighted by Gasteiger charge is -2.42. The number of aromatic nitrogens is 2. The number of carbonyl (C=O) groups excluding carboxylic acids is 2. The van der Waals surface area contributed by atoms with Crippen molar-refractivity contribution in [3.8, 4) is 0 Å². The number of hydrogen-bond donors (Lipinski definition) is 0. The number of carbonyl (C=O) groups is 2. The van der Waals surface area contributed by atoms with Crippen LogP contribution in [0.1, 0.15) is 57.4 Å². The third-order valence-electron chi connectivity index (χ3n) is 7.28. The highest BCUT2D eigenvalue weighted by Crippen LogP contribution is 2.30. The number of nitrogens with zero attached hydrogens (tertiary/aromatic N) is 5. The van der Waals surface area contributed by atoms with Crippen molar-refractivity contribution in [2.24, 2.45) is 0 Å². The molecule has 1 fully saturated rings. The first-order valence-electron chi connectivity index (χ1n) is 12.4.